The summed E-state index contributed by atoms with van der Waals surface area (Å²) in [4.78, 5) is 4.42. The highest BCUT2D eigenvalue weighted by Gasteiger charge is 2.22. The summed E-state index contributed by atoms with van der Waals surface area (Å²) in [5, 5.41) is 7.39. The summed E-state index contributed by atoms with van der Waals surface area (Å²) in [6.07, 6.45) is 1.84. The molecule has 6 heteroatoms. The van der Waals surface area contributed by atoms with Gasteiger partial charge in [0.05, 0.1) is 6.61 Å². The monoisotopic (exact) mass is 271 g/mol. The van der Waals surface area contributed by atoms with Gasteiger partial charge in [0.2, 0.25) is 11.7 Å². The minimum Gasteiger partial charge on any atom is -0.368 e. The molecule has 1 aromatic rings. The number of ether oxygens (including phenoxy) is 1. The van der Waals surface area contributed by atoms with Crippen molar-refractivity contribution in [1.29, 1.82) is 0 Å². The molecule has 102 valence electrons. The lowest BCUT2D eigenvalue weighted by molar-refractivity contribution is 0.0677. The van der Waals surface area contributed by atoms with Gasteiger partial charge >= 0.3 is 0 Å². The molecule has 1 aromatic heterocycles. The van der Waals surface area contributed by atoms with E-state index in [1.54, 1.807) is 0 Å². The summed E-state index contributed by atoms with van der Waals surface area (Å²) in [5.41, 5.74) is 0. The molecular weight excluding hydrogens is 250 g/mol. The smallest absolute Gasteiger partial charge is 0.226 e. The van der Waals surface area contributed by atoms with Crippen molar-refractivity contribution in [3.63, 3.8) is 0 Å². The highest BCUT2D eigenvalue weighted by Crippen LogP contribution is 2.24. The van der Waals surface area contributed by atoms with Crippen LogP contribution in [0, 0.1) is 0 Å². The molecule has 18 heavy (non-hydrogen) atoms. The van der Waals surface area contributed by atoms with Crippen molar-refractivity contribution < 1.29 is 9.26 Å². The quantitative estimate of drug-likeness (QED) is 0.851. The minimum atomic E-state index is 0.00689. The number of thioether (sulfide) groups is 1. The van der Waals surface area contributed by atoms with E-state index in [1.165, 1.54) is 0 Å². The van der Waals surface area contributed by atoms with Gasteiger partial charge in [0.25, 0.3) is 0 Å². The van der Waals surface area contributed by atoms with Gasteiger partial charge in [-0.25, -0.2) is 0 Å². The van der Waals surface area contributed by atoms with Gasteiger partial charge in [0, 0.05) is 24.0 Å². The average Bonchev–Trinajstić information content (AvgIpc) is 2.87. The predicted octanol–water partition coefficient (Wildman–Crippen LogP) is 1.80. The zero-order valence-corrected chi connectivity index (χ0v) is 11.8. The Kier molecular flexibility index (Phi) is 5.46. The lowest BCUT2D eigenvalue weighted by atomic mass is 10.2. The third-order valence-electron chi connectivity index (χ3n) is 2.93. The summed E-state index contributed by atoms with van der Waals surface area (Å²) in [6.45, 7) is 6.04. The first kappa shape index (κ1) is 13.8. The number of hydrogen-bond donors (Lipinski definition) is 1. The number of aryl methyl sites for hydroxylation is 1. The summed E-state index contributed by atoms with van der Waals surface area (Å²) in [7, 11) is 0. The SMILES string of the molecule is CCNC(C)CCc1nc(C2CSCCO2)no1. The second kappa shape index (κ2) is 7.11. The predicted molar refractivity (Wildman–Crippen MR) is 71.8 cm³/mol. The second-order valence-electron chi connectivity index (χ2n) is 4.48. The van der Waals surface area contributed by atoms with Crippen molar-refractivity contribution in [3.8, 4) is 0 Å². The van der Waals surface area contributed by atoms with Crippen molar-refractivity contribution >= 4 is 11.8 Å². The summed E-state index contributed by atoms with van der Waals surface area (Å²) >= 11 is 1.88. The summed E-state index contributed by atoms with van der Waals surface area (Å²) in [5.74, 6) is 3.40. The van der Waals surface area contributed by atoms with Crippen LogP contribution < -0.4 is 5.32 Å². The maximum absolute atomic E-state index is 5.62. The van der Waals surface area contributed by atoms with E-state index in [2.05, 4.69) is 29.3 Å². The fourth-order valence-corrected chi connectivity index (χ4v) is 2.77. The van der Waals surface area contributed by atoms with Crippen molar-refractivity contribution in [1.82, 2.24) is 15.5 Å². The minimum absolute atomic E-state index is 0.00689. The zero-order chi connectivity index (χ0) is 12.8. The second-order valence-corrected chi connectivity index (χ2v) is 5.63. The Morgan fingerprint density at radius 1 is 1.56 bits per heavy atom. The summed E-state index contributed by atoms with van der Waals surface area (Å²) in [6, 6.07) is 0.479. The molecule has 1 N–H and O–H groups in total. The molecule has 0 saturated carbocycles. The van der Waals surface area contributed by atoms with Crippen LogP contribution in [0.15, 0.2) is 4.52 Å². The van der Waals surface area contributed by atoms with Crippen LogP contribution in [0.5, 0.6) is 0 Å². The third kappa shape index (κ3) is 3.96. The molecule has 0 aromatic carbocycles. The van der Waals surface area contributed by atoms with Crippen molar-refractivity contribution in [2.75, 3.05) is 24.7 Å². The van der Waals surface area contributed by atoms with E-state index < -0.39 is 0 Å². The van der Waals surface area contributed by atoms with Gasteiger partial charge < -0.3 is 14.6 Å². The molecule has 1 aliphatic rings. The molecule has 2 heterocycles. The van der Waals surface area contributed by atoms with Gasteiger partial charge in [-0.3, -0.25) is 0 Å². The fraction of sp³-hybridized carbons (Fsp3) is 0.833. The molecule has 2 atom stereocenters. The number of nitrogens with zero attached hydrogens (tertiary/aromatic N) is 2. The first-order valence-electron chi connectivity index (χ1n) is 6.54. The molecule has 5 nitrogen and oxygen atoms in total. The van der Waals surface area contributed by atoms with Crippen molar-refractivity contribution in [2.45, 2.75) is 38.8 Å². The van der Waals surface area contributed by atoms with E-state index in [1.807, 2.05) is 11.8 Å². The molecule has 1 saturated heterocycles. The molecule has 2 unspecified atom stereocenters. The van der Waals surface area contributed by atoms with Crippen LogP contribution in [0.2, 0.25) is 0 Å². The Labute approximate surface area is 112 Å². The van der Waals surface area contributed by atoms with E-state index >= 15 is 0 Å². The number of rotatable bonds is 6. The molecule has 0 amide bonds. The van der Waals surface area contributed by atoms with Gasteiger partial charge in [0.1, 0.15) is 6.10 Å². The van der Waals surface area contributed by atoms with Crippen molar-refractivity contribution in [3.05, 3.63) is 11.7 Å². The molecule has 0 aliphatic carbocycles. The van der Waals surface area contributed by atoms with E-state index in [9.17, 15) is 0 Å². The van der Waals surface area contributed by atoms with Gasteiger partial charge in [-0.15, -0.1) is 0 Å². The Bertz CT molecular complexity index is 353. The van der Waals surface area contributed by atoms with Crippen LogP contribution in [-0.2, 0) is 11.2 Å². The molecule has 0 spiro atoms. The molecule has 1 aliphatic heterocycles. The van der Waals surface area contributed by atoms with E-state index in [4.69, 9.17) is 9.26 Å². The van der Waals surface area contributed by atoms with Crippen LogP contribution in [0.1, 0.15) is 38.1 Å². The topological polar surface area (TPSA) is 60.2 Å². The van der Waals surface area contributed by atoms with Crippen LogP contribution >= 0.6 is 11.8 Å². The van der Waals surface area contributed by atoms with Crippen LogP contribution in [0.4, 0.5) is 0 Å². The Morgan fingerprint density at radius 3 is 3.17 bits per heavy atom. The van der Waals surface area contributed by atoms with Crippen molar-refractivity contribution in [2.24, 2.45) is 0 Å². The first-order chi connectivity index (χ1) is 8.79. The van der Waals surface area contributed by atoms with Crippen LogP contribution in [0.3, 0.4) is 0 Å². The first-order valence-corrected chi connectivity index (χ1v) is 7.70. The number of nitrogens with one attached hydrogen (secondary N) is 1. The van der Waals surface area contributed by atoms with Gasteiger partial charge in [0.15, 0.2) is 0 Å². The Hall–Kier alpha value is -0.590. The Balaban J connectivity index is 1.82. The van der Waals surface area contributed by atoms with Gasteiger partial charge in [-0.2, -0.15) is 16.7 Å². The number of hydrogen-bond acceptors (Lipinski definition) is 6. The molecular formula is C12H21N3O2S. The number of aromatic nitrogens is 2. The maximum atomic E-state index is 5.62. The lowest BCUT2D eigenvalue weighted by Crippen LogP contribution is -2.25. The highest BCUT2D eigenvalue weighted by atomic mass is 32.2. The Morgan fingerprint density at radius 2 is 2.44 bits per heavy atom. The normalized spacial score (nSPS) is 22.0. The van der Waals surface area contributed by atoms with E-state index in [0.29, 0.717) is 17.8 Å². The summed E-state index contributed by atoms with van der Waals surface area (Å²) < 4.78 is 10.9. The van der Waals surface area contributed by atoms with Gasteiger partial charge in [-0.05, 0) is 19.9 Å². The molecule has 1 fully saturated rings. The average molecular weight is 271 g/mol. The molecule has 0 bridgehead atoms. The largest absolute Gasteiger partial charge is 0.368 e. The molecule has 0 radical (unpaired) electrons. The highest BCUT2D eigenvalue weighted by molar-refractivity contribution is 7.99. The van der Waals surface area contributed by atoms with Crippen LogP contribution in [-0.4, -0.2) is 40.8 Å². The standard InChI is InChI=1S/C12H21N3O2S/c1-3-13-9(2)4-5-11-14-12(15-17-11)10-8-18-7-6-16-10/h9-10,13H,3-8H2,1-2H3. The molecule has 2 rings (SSSR count). The fourth-order valence-electron chi connectivity index (χ4n) is 1.93. The zero-order valence-electron chi connectivity index (χ0n) is 11.0. The van der Waals surface area contributed by atoms with E-state index in [-0.39, 0.29) is 6.10 Å². The third-order valence-corrected chi connectivity index (χ3v) is 3.93. The maximum Gasteiger partial charge on any atom is 0.226 e. The lowest BCUT2D eigenvalue weighted by Gasteiger charge is -2.18. The van der Waals surface area contributed by atoms with Crippen LogP contribution in [0.25, 0.3) is 0 Å². The van der Waals surface area contributed by atoms with Gasteiger partial charge in [-0.1, -0.05) is 12.1 Å². The van der Waals surface area contributed by atoms with E-state index in [0.717, 1.165) is 37.5 Å².